The summed E-state index contributed by atoms with van der Waals surface area (Å²) in [5.74, 6) is -24.0. The van der Waals surface area contributed by atoms with E-state index in [0.717, 1.165) is 18.7 Å². The number of rotatable bonds is 34. The number of primary amides is 2. The van der Waals surface area contributed by atoms with E-state index in [1.807, 2.05) is 0 Å². The number of likely N-dealkylation sites (tertiary alicyclic amines) is 1. The average Bonchev–Trinajstić information content (AvgIpc) is 1.61. The molecule has 2 saturated heterocycles. The van der Waals surface area contributed by atoms with Crippen molar-refractivity contribution in [3.63, 3.8) is 0 Å². The number of nitrogens with zero attached hydrogens (tertiary/aromatic N) is 1. The van der Waals surface area contributed by atoms with E-state index in [1.165, 1.54) is 37.7 Å². The van der Waals surface area contributed by atoms with E-state index < -0.39 is 266 Å². The monoisotopic (exact) mass is 1540 g/mol. The second-order valence-electron chi connectivity index (χ2n) is 25.8. The van der Waals surface area contributed by atoms with Crippen LogP contribution in [0.3, 0.4) is 0 Å². The molecule has 0 bridgehead atoms. The minimum atomic E-state index is -2.07. The third kappa shape index (κ3) is 31.1. The molecule has 13 atom stereocenters. The van der Waals surface area contributed by atoms with Crippen molar-refractivity contribution in [3.8, 4) is 5.75 Å². The second-order valence-corrected chi connectivity index (χ2v) is 27.8. The van der Waals surface area contributed by atoms with Crippen molar-refractivity contribution < 1.29 is 112 Å². The molecule has 2 aliphatic rings. The lowest BCUT2D eigenvalue weighted by molar-refractivity contribution is -0.143. The Bertz CT molecular complexity index is 3390. The standard InChI is InChI=1S/C64H97N17O23S2/c1-29(2)50(79-58(97)36(14-17-44(66)83)72-47(86)26-69-54(93)35(65)23-33-10-12-34(82)13-11-33)63(102)81-21-8-9-43(81)62(101)75-39(20-22-105-7)57(96)78-42-28-106-27-41(60(99)71-32(6)53(92)80-51(30(3)4)64(103)104)77-56(95)38(15-18-45(67)84)74-55(94)37(16-19-48(87)88)73-46(85)25-68-52(91)31(5)70-59(98)40(24-49(89)90)76-61(42)100/h10-13,29-32,35-43,50-51,82H,8-9,14-28,65H2,1-7H3,(H2,66,83)(H2,67,84)(H,68,91)(H,69,93)(H,70,98)(H,71,99)(H,72,86)(H,73,85)(H,74,94)(H,75,101)(H,76,100)(H,77,95)(H,78,96)(H,79,97)(H,80,92)(H,87,88)(H,89,90)(H,103,104)/t31-,32-,35-,36-,37-,38-,39-,40-,41-,42-,43-,50-,51-/m0/s1. The number of carboxylic acid groups (broad SMARTS) is 3. The van der Waals surface area contributed by atoms with Crippen LogP contribution in [0.5, 0.6) is 5.75 Å². The second kappa shape index (κ2) is 44.4. The molecule has 40 nitrogen and oxygen atoms in total. The van der Waals surface area contributed by atoms with Gasteiger partial charge >= 0.3 is 17.9 Å². The zero-order chi connectivity index (χ0) is 79.8. The number of hydrogen-bond donors (Lipinski definition) is 20. The number of carboxylic acids is 3. The number of aliphatic carboxylic acids is 3. The van der Waals surface area contributed by atoms with Gasteiger partial charge in [-0.25, -0.2) is 4.79 Å². The van der Waals surface area contributed by atoms with E-state index in [9.17, 15) is 112 Å². The molecule has 2 heterocycles. The van der Waals surface area contributed by atoms with Crippen LogP contribution in [0.2, 0.25) is 0 Å². The van der Waals surface area contributed by atoms with Crippen molar-refractivity contribution in [2.75, 3.05) is 43.1 Å². The maximum Gasteiger partial charge on any atom is 0.326 e. The molecular weight excluding hydrogens is 1440 g/mol. The number of nitrogens with one attached hydrogen (secondary N) is 13. The van der Waals surface area contributed by atoms with Gasteiger partial charge in [0.15, 0.2) is 0 Å². The van der Waals surface area contributed by atoms with Crippen molar-refractivity contribution in [2.24, 2.45) is 29.0 Å². The molecule has 0 spiro atoms. The molecule has 1 aromatic carbocycles. The summed E-state index contributed by atoms with van der Waals surface area (Å²) in [5, 5.41) is 69.4. The number of carbonyl (C=O) groups is 19. The highest BCUT2D eigenvalue weighted by molar-refractivity contribution is 7.99. The van der Waals surface area contributed by atoms with Gasteiger partial charge in [-0.05, 0) is 100 Å². The van der Waals surface area contributed by atoms with Crippen LogP contribution in [0.1, 0.15) is 111 Å². The van der Waals surface area contributed by atoms with Gasteiger partial charge < -0.3 is 112 Å². The van der Waals surface area contributed by atoms with Crippen LogP contribution in [0.25, 0.3) is 0 Å². The van der Waals surface area contributed by atoms with Gasteiger partial charge in [0.05, 0.1) is 25.6 Å². The van der Waals surface area contributed by atoms with Gasteiger partial charge in [0.2, 0.25) is 94.5 Å². The van der Waals surface area contributed by atoms with Crippen molar-refractivity contribution in [2.45, 2.75) is 191 Å². The van der Waals surface area contributed by atoms with Gasteiger partial charge in [-0.3, -0.25) is 86.3 Å². The van der Waals surface area contributed by atoms with E-state index in [0.29, 0.717) is 17.3 Å². The normalized spacial score (nSPS) is 21.0. The first kappa shape index (κ1) is 89.8. The van der Waals surface area contributed by atoms with Gasteiger partial charge in [-0.15, -0.1) is 0 Å². The number of amides is 16. The Kier molecular flexibility index (Phi) is 37.6. The molecule has 16 amide bonds. The Morgan fingerprint density at radius 1 is 0.632 bits per heavy atom. The molecule has 2 aliphatic heterocycles. The zero-order valence-electron chi connectivity index (χ0n) is 59.5. The maximum atomic E-state index is 14.8. The molecule has 0 saturated carbocycles. The highest BCUT2D eigenvalue weighted by atomic mass is 32.2. The Morgan fingerprint density at radius 2 is 1.22 bits per heavy atom. The average molecular weight is 1540 g/mol. The van der Waals surface area contributed by atoms with Gasteiger partial charge in [0.25, 0.3) is 0 Å². The van der Waals surface area contributed by atoms with Gasteiger partial charge in [-0.2, -0.15) is 23.5 Å². The van der Waals surface area contributed by atoms with Crippen LogP contribution in [0.15, 0.2) is 24.3 Å². The largest absolute Gasteiger partial charge is 0.508 e. The predicted octanol–water partition coefficient (Wildman–Crippen LogP) is -7.37. The molecule has 23 N–H and O–H groups in total. The number of hydrogen-bond acceptors (Lipinski definition) is 23. The molecule has 2 fully saturated rings. The third-order valence-electron chi connectivity index (χ3n) is 16.4. The van der Waals surface area contributed by atoms with Crippen molar-refractivity contribution in [1.29, 1.82) is 0 Å². The summed E-state index contributed by atoms with van der Waals surface area (Å²) in [7, 11) is 0. The molecular formula is C64H97N17O23S2. The highest BCUT2D eigenvalue weighted by Crippen LogP contribution is 2.22. The van der Waals surface area contributed by atoms with Gasteiger partial charge in [0.1, 0.15) is 78.3 Å². The maximum absolute atomic E-state index is 14.8. The van der Waals surface area contributed by atoms with E-state index in [4.69, 9.17) is 17.2 Å². The van der Waals surface area contributed by atoms with Crippen molar-refractivity contribution >= 4 is 136 Å². The Hall–Kier alpha value is -10.4. The first-order valence-corrected chi connectivity index (χ1v) is 36.3. The summed E-state index contributed by atoms with van der Waals surface area (Å²) in [5.41, 5.74) is 17.4. The Balaban J connectivity index is 2.09. The molecule has 42 heteroatoms. The van der Waals surface area contributed by atoms with Crippen LogP contribution >= 0.6 is 23.5 Å². The summed E-state index contributed by atoms with van der Waals surface area (Å²) in [6.07, 6.45) is -2.89. The zero-order valence-corrected chi connectivity index (χ0v) is 61.2. The fourth-order valence-corrected chi connectivity index (χ4v) is 12.0. The number of thioether (sulfide) groups is 2. The predicted molar refractivity (Wildman–Crippen MR) is 377 cm³/mol. The Morgan fingerprint density at radius 3 is 1.81 bits per heavy atom. The van der Waals surface area contributed by atoms with Crippen molar-refractivity contribution in [3.05, 3.63) is 29.8 Å². The van der Waals surface area contributed by atoms with Crippen LogP contribution in [-0.2, 0) is 97.5 Å². The van der Waals surface area contributed by atoms with E-state index in [2.05, 4.69) is 69.1 Å². The molecule has 1 aromatic rings. The van der Waals surface area contributed by atoms with Crippen LogP contribution in [0, 0.1) is 11.8 Å². The van der Waals surface area contributed by atoms with Crippen LogP contribution < -0.4 is 86.3 Å². The van der Waals surface area contributed by atoms with Crippen LogP contribution in [0.4, 0.5) is 0 Å². The number of aromatic hydroxyl groups is 1. The fraction of sp³-hybridized carbons (Fsp3) is 0.609. The van der Waals surface area contributed by atoms with E-state index in [-0.39, 0.29) is 50.2 Å². The lowest BCUT2D eigenvalue weighted by atomic mass is 10.0. The molecule has 0 unspecified atom stereocenters. The van der Waals surface area contributed by atoms with Gasteiger partial charge in [-0.1, -0.05) is 39.8 Å². The highest BCUT2D eigenvalue weighted by Gasteiger charge is 2.42. The summed E-state index contributed by atoms with van der Waals surface area (Å²) >= 11 is 1.80. The van der Waals surface area contributed by atoms with E-state index >= 15 is 0 Å². The minimum absolute atomic E-state index is 0.000223. The fourth-order valence-electron chi connectivity index (χ4n) is 10.5. The van der Waals surface area contributed by atoms with Crippen LogP contribution in [-0.4, -0.2) is 259 Å². The molecule has 0 aliphatic carbocycles. The summed E-state index contributed by atoms with van der Waals surface area (Å²) < 4.78 is 0. The molecule has 588 valence electrons. The number of phenols is 1. The smallest absolute Gasteiger partial charge is 0.326 e. The van der Waals surface area contributed by atoms with E-state index in [1.54, 1.807) is 32.2 Å². The summed E-state index contributed by atoms with van der Waals surface area (Å²) in [4.78, 5) is 257. The number of nitrogens with two attached hydrogens (primary N) is 3. The molecule has 3 rings (SSSR count). The first-order chi connectivity index (χ1) is 49.7. The van der Waals surface area contributed by atoms with Gasteiger partial charge in [0, 0.05) is 37.3 Å². The molecule has 0 aromatic heterocycles. The number of carbonyl (C=O) groups excluding carboxylic acids is 16. The summed E-state index contributed by atoms with van der Waals surface area (Å²) in [6.45, 7) is 6.64. The van der Waals surface area contributed by atoms with Crippen molar-refractivity contribution in [1.82, 2.24) is 74.0 Å². The lowest BCUT2D eigenvalue weighted by Gasteiger charge is -2.32. The Labute approximate surface area is 617 Å². The topological polar surface area (TPSA) is 643 Å². The number of phenolic OH excluding ortho intramolecular Hbond substituents is 1. The quantitative estimate of drug-likeness (QED) is 0.0305. The first-order valence-electron chi connectivity index (χ1n) is 33.7. The molecule has 0 radical (unpaired) electrons. The summed E-state index contributed by atoms with van der Waals surface area (Å²) in [6, 6.07) is -15.2. The third-order valence-corrected chi connectivity index (χ3v) is 18.2. The lowest BCUT2D eigenvalue weighted by Crippen LogP contribution is -2.61. The SMILES string of the molecule is CSCC[C@H](NC(=O)[C@@H]1CCCN1C(=O)[C@@H](NC(=O)[C@H](CCC(N)=O)NC(=O)CNC(=O)[C@@H](N)Cc1ccc(O)cc1)C(C)C)C(=O)N[C@H]1CSC[C@@H](C(=O)N[C@@H](C)C(=O)N[C@H](C(=O)O)C(C)C)NC(=O)[C@H](CCC(N)=O)NC(=O)[C@H](CCC(=O)O)NC(=O)CNC(=O)[C@H](C)NC(=O)[C@H](CC(=O)O)NC1=O. The molecule has 106 heavy (non-hydrogen) atoms. The minimum Gasteiger partial charge on any atom is -0.508 e. The number of benzene rings is 1.